The summed E-state index contributed by atoms with van der Waals surface area (Å²) in [7, 11) is 0. The summed E-state index contributed by atoms with van der Waals surface area (Å²) in [4.78, 5) is 2.49. The molecule has 3 aliphatic carbocycles. The van der Waals surface area contributed by atoms with Gasteiger partial charge in [-0.2, -0.15) is 0 Å². The molecule has 5 heteroatoms. The van der Waals surface area contributed by atoms with E-state index >= 15 is 0 Å². The third kappa shape index (κ3) is 1.57. The number of phenolic OH excluding ortho intramolecular Hbond substituents is 1. The summed E-state index contributed by atoms with van der Waals surface area (Å²) >= 11 is 0. The molecule has 138 valence electrons. The van der Waals surface area contributed by atoms with Gasteiger partial charge in [0, 0.05) is 24.6 Å². The molecule has 2 heterocycles. The molecule has 1 aromatic rings. The van der Waals surface area contributed by atoms with Crippen LogP contribution in [-0.2, 0) is 11.8 Å². The third-order valence-electron chi connectivity index (χ3n) is 7.73. The summed E-state index contributed by atoms with van der Waals surface area (Å²) in [5.41, 5.74) is 1.30. The first-order valence-corrected chi connectivity index (χ1v) is 9.83. The molecule has 5 nitrogen and oxygen atoms in total. The molecule has 0 aromatic heterocycles. The van der Waals surface area contributed by atoms with Crippen molar-refractivity contribution in [1.29, 1.82) is 0 Å². The van der Waals surface area contributed by atoms with Crippen LogP contribution in [0.15, 0.2) is 23.5 Å². The van der Waals surface area contributed by atoms with E-state index in [4.69, 9.17) is 4.74 Å². The number of ether oxygens (including phenoxy) is 1. The van der Waals surface area contributed by atoms with Gasteiger partial charge in [-0.25, -0.2) is 0 Å². The molecule has 2 fully saturated rings. The van der Waals surface area contributed by atoms with Crippen LogP contribution in [0.2, 0.25) is 0 Å². The Morgan fingerprint density at radius 3 is 2.85 bits per heavy atom. The summed E-state index contributed by atoms with van der Waals surface area (Å²) in [5.74, 6) is 1.60. The summed E-state index contributed by atoms with van der Waals surface area (Å²) in [5, 5.41) is 33.4. The van der Waals surface area contributed by atoms with Crippen molar-refractivity contribution in [3.8, 4) is 11.5 Å². The topological polar surface area (TPSA) is 73.2 Å². The molecular formula is C21H25NO4. The molecule has 26 heavy (non-hydrogen) atoms. The number of likely N-dealkylation sites (tertiary alicyclic amines) is 1. The molecule has 5 aliphatic rings. The van der Waals surface area contributed by atoms with Crippen LogP contribution in [-0.4, -0.2) is 51.1 Å². The zero-order valence-electron chi connectivity index (χ0n) is 15.0. The predicted octanol–water partition coefficient (Wildman–Crippen LogP) is 2.40. The van der Waals surface area contributed by atoms with Gasteiger partial charge in [-0.3, -0.25) is 4.90 Å². The van der Waals surface area contributed by atoms with Crippen LogP contribution in [0.25, 0.3) is 0 Å². The predicted molar refractivity (Wildman–Crippen MR) is 95.5 cm³/mol. The van der Waals surface area contributed by atoms with E-state index in [0.29, 0.717) is 12.2 Å². The van der Waals surface area contributed by atoms with Crippen molar-refractivity contribution >= 4 is 0 Å². The zero-order valence-corrected chi connectivity index (χ0v) is 15.0. The van der Waals surface area contributed by atoms with Crippen molar-refractivity contribution in [1.82, 2.24) is 4.90 Å². The van der Waals surface area contributed by atoms with Crippen molar-refractivity contribution in [2.45, 2.75) is 62.2 Å². The first-order valence-electron chi connectivity index (χ1n) is 9.83. The minimum absolute atomic E-state index is 0.0361. The highest BCUT2D eigenvalue weighted by Gasteiger charge is 2.72. The first kappa shape index (κ1) is 15.3. The van der Waals surface area contributed by atoms with E-state index in [2.05, 4.69) is 4.90 Å². The van der Waals surface area contributed by atoms with Crippen LogP contribution in [0.3, 0.4) is 0 Å². The number of hydrogen-bond donors (Lipinski definition) is 3. The van der Waals surface area contributed by atoms with E-state index < -0.39 is 17.1 Å². The number of benzene rings is 1. The average Bonchev–Trinajstić information content (AvgIpc) is 3.33. The van der Waals surface area contributed by atoms with E-state index in [1.54, 1.807) is 6.07 Å². The maximum atomic E-state index is 12.1. The number of aliphatic hydroxyl groups excluding tert-OH is 1. The van der Waals surface area contributed by atoms with Gasteiger partial charge in [0.05, 0.1) is 11.0 Å². The van der Waals surface area contributed by atoms with E-state index in [0.717, 1.165) is 48.5 Å². The van der Waals surface area contributed by atoms with Crippen molar-refractivity contribution in [2.75, 3.05) is 13.1 Å². The van der Waals surface area contributed by atoms with Crippen LogP contribution in [0, 0.1) is 5.92 Å². The fraction of sp³-hybridized carbons (Fsp3) is 0.619. The number of hydrogen-bond acceptors (Lipinski definition) is 5. The average molecular weight is 355 g/mol. The van der Waals surface area contributed by atoms with Crippen LogP contribution >= 0.6 is 0 Å². The quantitative estimate of drug-likeness (QED) is 0.760. The molecule has 2 bridgehead atoms. The van der Waals surface area contributed by atoms with Crippen molar-refractivity contribution in [3.63, 3.8) is 0 Å². The first-order chi connectivity index (χ1) is 12.5. The number of aromatic hydroxyl groups is 1. The Balaban J connectivity index is 1.60. The fourth-order valence-electron chi connectivity index (χ4n) is 6.37. The number of aliphatic hydroxyl groups is 2. The lowest BCUT2D eigenvalue weighted by atomic mass is 9.49. The lowest BCUT2D eigenvalue weighted by Gasteiger charge is -2.62. The Kier molecular flexibility index (Phi) is 2.70. The van der Waals surface area contributed by atoms with E-state index in [9.17, 15) is 15.3 Å². The van der Waals surface area contributed by atoms with E-state index in [1.807, 2.05) is 13.0 Å². The molecule has 4 atom stereocenters. The highest BCUT2D eigenvalue weighted by atomic mass is 16.5. The van der Waals surface area contributed by atoms with Gasteiger partial charge in [0.1, 0.15) is 5.76 Å². The molecule has 0 amide bonds. The van der Waals surface area contributed by atoms with Crippen molar-refractivity contribution in [3.05, 3.63) is 34.6 Å². The highest BCUT2D eigenvalue weighted by molar-refractivity contribution is 5.64. The summed E-state index contributed by atoms with van der Waals surface area (Å²) in [6, 6.07) is 3.71. The number of phenols is 1. The standard InChI is InChI=1S/C21H25NO4/c1-11-9-21(25)15-8-13-4-5-14(23)18-16(13)20(21,19(26-18)17(11)24)6-7-22(15)10-12-2-3-12/h4-5,12,15,19,23-25H,2-3,6-10H2,1H3/t15-,19+,20+,21-/m1/s1. The Bertz CT molecular complexity index is 860. The molecule has 1 saturated carbocycles. The van der Waals surface area contributed by atoms with Gasteiger partial charge in [-0.1, -0.05) is 6.07 Å². The Morgan fingerprint density at radius 1 is 1.27 bits per heavy atom. The molecule has 1 spiro atoms. The molecular weight excluding hydrogens is 330 g/mol. The third-order valence-corrected chi connectivity index (χ3v) is 7.73. The minimum atomic E-state index is -0.965. The Labute approximate surface area is 152 Å². The highest BCUT2D eigenvalue weighted by Crippen LogP contribution is 2.66. The van der Waals surface area contributed by atoms with Crippen LogP contribution in [0.4, 0.5) is 0 Å². The molecule has 0 radical (unpaired) electrons. The number of rotatable bonds is 2. The number of nitrogens with zero attached hydrogens (tertiary/aromatic N) is 1. The smallest absolute Gasteiger partial charge is 0.168 e. The van der Waals surface area contributed by atoms with Crippen molar-refractivity contribution in [2.24, 2.45) is 5.92 Å². The fourth-order valence-corrected chi connectivity index (χ4v) is 6.37. The van der Waals surface area contributed by atoms with Gasteiger partial charge in [-0.15, -0.1) is 0 Å². The van der Waals surface area contributed by atoms with Gasteiger partial charge in [-0.05, 0) is 62.3 Å². The maximum Gasteiger partial charge on any atom is 0.168 e. The van der Waals surface area contributed by atoms with E-state index in [-0.39, 0.29) is 17.6 Å². The largest absolute Gasteiger partial charge is 0.508 e. The van der Waals surface area contributed by atoms with Crippen LogP contribution in [0.1, 0.15) is 43.7 Å². The molecule has 6 rings (SSSR count). The monoisotopic (exact) mass is 355 g/mol. The SMILES string of the molecule is CC1=C(O)[C@@H]2Oc3c(O)ccc4c3[C@@]23CCN(CC2CC2)[C@H](C4)[C@]3(O)C1. The molecule has 2 aliphatic heterocycles. The molecule has 0 unspecified atom stereocenters. The van der Waals surface area contributed by atoms with Gasteiger partial charge >= 0.3 is 0 Å². The van der Waals surface area contributed by atoms with E-state index in [1.165, 1.54) is 12.8 Å². The van der Waals surface area contributed by atoms with Crippen LogP contribution in [0.5, 0.6) is 11.5 Å². The normalized spacial score (nSPS) is 40.4. The van der Waals surface area contributed by atoms with Crippen molar-refractivity contribution < 1.29 is 20.1 Å². The second-order valence-corrected chi connectivity index (χ2v) is 9.09. The second kappa shape index (κ2) is 4.57. The van der Waals surface area contributed by atoms with Gasteiger partial charge in [0.2, 0.25) is 0 Å². The molecule has 1 aromatic carbocycles. The zero-order chi connectivity index (χ0) is 17.8. The summed E-state index contributed by atoms with van der Waals surface area (Å²) in [6.07, 6.45) is 4.00. The number of piperidine rings is 1. The summed E-state index contributed by atoms with van der Waals surface area (Å²) in [6.45, 7) is 3.86. The minimum Gasteiger partial charge on any atom is -0.508 e. The Morgan fingerprint density at radius 2 is 2.08 bits per heavy atom. The lowest BCUT2D eigenvalue weighted by molar-refractivity contribution is -0.171. The lowest BCUT2D eigenvalue weighted by Crippen LogP contribution is -2.75. The Hall–Kier alpha value is -1.72. The second-order valence-electron chi connectivity index (χ2n) is 9.09. The van der Waals surface area contributed by atoms with Crippen LogP contribution < -0.4 is 4.74 Å². The molecule has 1 saturated heterocycles. The van der Waals surface area contributed by atoms with Gasteiger partial charge < -0.3 is 20.1 Å². The van der Waals surface area contributed by atoms with Gasteiger partial charge in [0.15, 0.2) is 17.6 Å². The van der Waals surface area contributed by atoms with Gasteiger partial charge in [0.25, 0.3) is 0 Å². The molecule has 3 N–H and O–H groups in total. The maximum absolute atomic E-state index is 12.1. The summed E-state index contributed by atoms with van der Waals surface area (Å²) < 4.78 is 6.15.